The third-order valence-electron chi connectivity index (χ3n) is 4.17. The summed E-state index contributed by atoms with van der Waals surface area (Å²) >= 11 is 0. The second-order valence-electron chi connectivity index (χ2n) is 6.30. The number of carbonyl (C=O) groups excluding carboxylic acids is 2. The summed E-state index contributed by atoms with van der Waals surface area (Å²) < 4.78 is 4.70. The Labute approximate surface area is 150 Å². The van der Waals surface area contributed by atoms with E-state index in [1.807, 2.05) is 0 Å². The third kappa shape index (κ3) is 4.63. The molecular weight excluding hydrogens is 342 g/mol. The Bertz CT molecular complexity index is 698. The number of ether oxygens (including phenoxy) is 1. The number of benzene rings is 1. The van der Waals surface area contributed by atoms with Gasteiger partial charge < -0.3 is 30.5 Å². The van der Waals surface area contributed by atoms with Crippen LogP contribution in [-0.4, -0.2) is 60.5 Å². The van der Waals surface area contributed by atoms with Crippen LogP contribution in [0, 0.1) is 0 Å². The molecule has 1 aromatic carbocycles. The molecular formula is C17H23N3O6. The van der Waals surface area contributed by atoms with Crippen molar-refractivity contribution in [3.8, 4) is 0 Å². The molecule has 26 heavy (non-hydrogen) atoms. The zero-order chi connectivity index (χ0) is 19.3. The van der Waals surface area contributed by atoms with Crippen molar-refractivity contribution in [1.82, 2.24) is 5.32 Å². The van der Waals surface area contributed by atoms with Gasteiger partial charge in [0.15, 0.2) is 5.60 Å². The lowest BCUT2D eigenvalue weighted by Crippen LogP contribution is -2.47. The lowest BCUT2D eigenvalue weighted by Gasteiger charge is -2.23. The monoisotopic (exact) mass is 365 g/mol. The molecule has 1 aliphatic rings. The molecule has 1 saturated heterocycles. The van der Waals surface area contributed by atoms with Crippen molar-refractivity contribution in [2.24, 2.45) is 0 Å². The van der Waals surface area contributed by atoms with E-state index in [0.29, 0.717) is 5.69 Å². The SMILES string of the molecule is COC(=O)c1ccc(N2CCCC2)c(NC(=O)NCC(C)(O)C(=O)O)c1. The molecule has 9 nitrogen and oxygen atoms in total. The topological polar surface area (TPSA) is 128 Å². The molecule has 0 radical (unpaired) electrons. The van der Waals surface area contributed by atoms with E-state index in [0.717, 1.165) is 38.5 Å². The number of carboxylic acid groups (broad SMARTS) is 1. The molecule has 0 aromatic heterocycles. The lowest BCUT2D eigenvalue weighted by molar-refractivity contribution is -0.155. The number of anilines is 2. The molecule has 1 atom stereocenters. The normalized spacial score (nSPS) is 15.9. The predicted octanol–water partition coefficient (Wildman–Crippen LogP) is 1.03. The highest BCUT2D eigenvalue weighted by atomic mass is 16.5. The first-order chi connectivity index (χ1) is 12.2. The molecule has 1 heterocycles. The van der Waals surface area contributed by atoms with Gasteiger partial charge in [-0.3, -0.25) is 0 Å². The number of aliphatic hydroxyl groups is 1. The second-order valence-corrected chi connectivity index (χ2v) is 6.30. The third-order valence-corrected chi connectivity index (χ3v) is 4.17. The summed E-state index contributed by atoms with van der Waals surface area (Å²) in [7, 11) is 1.27. The van der Waals surface area contributed by atoms with Crippen LogP contribution in [0.15, 0.2) is 18.2 Å². The van der Waals surface area contributed by atoms with Crippen molar-refractivity contribution in [3.05, 3.63) is 23.8 Å². The van der Waals surface area contributed by atoms with E-state index in [-0.39, 0.29) is 5.56 Å². The van der Waals surface area contributed by atoms with Crippen LogP contribution in [0.25, 0.3) is 0 Å². The van der Waals surface area contributed by atoms with Crippen LogP contribution < -0.4 is 15.5 Å². The van der Waals surface area contributed by atoms with E-state index in [4.69, 9.17) is 9.84 Å². The van der Waals surface area contributed by atoms with Crippen LogP contribution in [0.3, 0.4) is 0 Å². The van der Waals surface area contributed by atoms with Crippen LogP contribution in [0.4, 0.5) is 16.2 Å². The highest BCUT2D eigenvalue weighted by molar-refractivity contribution is 5.97. The van der Waals surface area contributed by atoms with Gasteiger partial charge in [-0.25, -0.2) is 14.4 Å². The highest BCUT2D eigenvalue weighted by Crippen LogP contribution is 2.30. The smallest absolute Gasteiger partial charge is 0.337 e. The van der Waals surface area contributed by atoms with Crippen molar-refractivity contribution < 1.29 is 29.3 Å². The Balaban J connectivity index is 2.17. The summed E-state index contributed by atoms with van der Waals surface area (Å²) in [4.78, 5) is 36.9. The molecule has 0 spiro atoms. The van der Waals surface area contributed by atoms with E-state index in [1.54, 1.807) is 12.1 Å². The van der Waals surface area contributed by atoms with Gasteiger partial charge in [0.1, 0.15) is 0 Å². The van der Waals surface area contributed by atoms with Gasteiger partial charge in [-0.15, -0.1) is 0 Å². The molecule has 9 heteroatoms. The maximum atomic E-state index is 12.1. The van der Waals surface area contributed by atoms with Gasteiger partial charge in [0, 0.05) is 13.1 Å². The first-order valence-corrected chi connectivity index (χ1v) is 8.22. The van der Waals surface area contributed by atoms with Gasteiger partial charge in [0.25, 0.3) is 0 Å². The van der Waals surface area contributed by atoms with Crippen LogP contribution in [-0.2, 0) is 9.53 Å². The minimum atomic E-state index is -2.08. The van der Waals surface area contributed by atoms with Gasteiger partial charge in [-0.05, 0) is 38.0 Å². The number of hydrogen-bond donors (Lipinski definition) is 4. The summed E-state index contributed by atoms with van der Waals surface area (Å²) in [5.41, 5.74) is -0.635. The van der Waals surface area contributed by atoms with Crippen LogP contribution in [0.5, 0.6) is 0 Å². The van der Waals surface area contributed by atoms with Crippen molar-refractivity contribution in [1.29, 1.82) is 0 Å². The Morgan fingerprint density at radius 3 is 2.50 bits per heavy atom. The Hall–Kier alpha value is -2.81. The number of aliphatic carboxylic acids is 1. The van der Waals surface area contributed by atoms with Gasteiger partial charge in [-0.1, -0.05) is 0 Å². The molecule has 2 amide bonds. The van der Waals surface area contributed by atoms with E-state index in [2.05, 4.69) is 15.5 Å². The summed E-state index contributed by atoms with van der Waals surface area (Å²) in [6.45, 7) is 2.29. The molecule has 0 saturated carbocycles. The minimum absolute atomic E-state index is 0.281. The fraction of sp³-hybridized carbons (Fsp3) is 0.471. The predicted molar refractivity (Wildman–Crippen MR) is 94.5 cm³/mol. The van der Waals surface area contributed by atoms with Crippen LogP contribution in [0.1, 0.15) is 30.1 Å². The fourth-order valence-corrected chi connectivity index (χ4v) is 2.61. The number of carbonyl (C=O) groups is 3. The number of amides is 2. The number of urea groups is 1. The maximum Gasteiger partial charge on any atom is 0.337 e. The Morgan fingerprint density at radius 2 is 1.92 bits per heavy atom. The largest absolute Gasteiger partial charge is 0.479 e. The quantitative estimate of drug-likeness (QED) is 0.554. The average Bonchev–Trinajstić information content (AvgIpc) is 3.13. The zero-order valence-electron chi connectivity index (χ0n) is 14.7. The number of rotatable bonds is 6. The number of hydrogen-bond acceptors (Lipinski definition) is 6. The molecule has 142 valence electrons. The van der Waals surface area contributed by atoms with Crippen LogP contribution in [0.2, 0.25) is 0 Å². The van der Waals surface area contributed by atoms with Gasteiger partial charge in [-0.2, -0.15) is 0 Å². The van der Waals surface area contributed by atoms with Gasteiger partial charge in [0.2, 0.25) is 0 Å². The van der Waals surface area contributed by atoms with E-state index in [9.17, 15) is 19.5 Å². The minimum Gasteiger partial charge on any atom is -0.479 e. The summed E-state index contributed by atoms with van der Waals surface area (Å²) in [6.07, 6.45) is 2.07. The van der Waals surface area contributed by atoms with Crippen molar-refractivity contribution in [2.45, 2.75) is 25.4 Å². The fourth-order valence-electron chi connectivity index (χ4n) is 2.61. The highest BCUT2D eigenvalue weighted by Gasteiger charge is 2.30. The second kappa shape index (κ2) is 8.05. The molecule has 2 rings (SSSR count). The molecule has 4 N–H and O–H groups in total. The van der Waals surface area contributed by atoms with Crippen molar-refractivity contribution in [3.63, 3.8) is 0 Å². The first-order valence-electron chi connectivity index (χ1n) is 8.22. The molecule has 1 unspecified atom stereocenters. The van der Waals surface area contributed by atoms with Gasteiger partial charge in [0.05, 0.1) is 30.6 Å². The Morgan fingerprint density at radius 1 is 1.27 bits per heavy atom. The maximum absolute atomic E-state index is 12.1. The van der Waals surface area contributed by atoms with Crippen molar-refractivity contribution >= 4 is 29.3 Å². The molecule has 1 aromatic rings. The average molecular weight is 365 g/mol. The van der Waals surface area contributed by atoms with E-state index in [1.165, 1.54) is 13.2 Å². The number of nitrogens with one attached hydrogen (secondary N) is 2. The molecule has 0 bridgehead atoms. The standard InChI is InChI=1S/C17H23N3O6/c1-17(25,15(22)23)10-18-16(24)19-12-9-11(14(21)26-2)5-6-13(12)20-7-3-4-8-20/h5-6,9,25H,3-4,7-8,10H2,1-2H3,(H,22,23)(H2,18,19,24). The van der Waals surface area contributed by atoms with E-state index < -0.39 is 30.1 Å². The molecule has 1 fully saturated rings. The summed E-state index contributed by atoms with van der Waals surface area (Å²) in [5.74, 6) is -1.97. The first kappa shape index (κ1) is 19.5. The summed E-state index contributed by atoms with van der Waals surface area (Å²) in [5, 5.41) is 23.5. The van der Waals surface area contributed by atoms with Gasteiger partial charge >= 0.3 is 18.0 Å². The number of esters is 1. The number of nitrogens with zero attached hydrogens (tertiary/aromatic N) is 1. The Kier molecular flexibility index (Phi) is 6.04. The number of methoxy groups -OCH3 is 1. The summed E-state index contributed by atoms with van der Waals surface area (Å²) in [6, 6.07) is 4.18. The number of carboxylic acids is 1. The van der Waals surface area contributed by atoms with Crippen LogP contribution >= 0.6 is 0 Å². The zero-order valence-corrected chi connectivity index (χ0v) is 14.7. The lowest BCUT2D eigenvalue weighted by atomic mass is 10.1. The molecule has 0 aliphatic carbocycles. The van der Waals surface area contributed by atoms with Crippen molar-refractivity contribution in [2.75, 3.05) is 37.0 Å². The van der Waals surface area contributed by atoms with E-state index >= 15 is 0 Å². The molecule has 1 aliphatic heterocycles.